The highest BCUT2D eigenvalue weighted by atomic mass is 19.1. The molecule has 0 aromatic heterocycles. The van der Waals surface area contributed by atoms with Gasteiger partial charge in [-0.3, -0.25) is 0 Å². The SMILES string of the molecule is COc1cccc(CNc2ccc(O)cc2)c1OCc1ccccc1F. The molecule has 3 aromatic carbocycles. The number of ether oxygens (including phenoxy) is 2. The summed E-state index contributed by atoms with van der Waals surface area (Å²) in [5, 5.41) is 12.6. The molecule has 5 heteroatoms. The number of benzene rings is 3. The van der Waals surface area contributed by atoms with Crippen molar-refractivity contribution in [2.24, 2.45) is 0 Å². The van der Waals surface area contributed by atoms with Gasteiger partial charge < -0.3 is 19.9 Å². The summed E-state index contributed by atoms with van der Waals surface area (Å²) < 4.78 is 25.1. The molecule has 0 amide bonds. The Balaban J connectivity index is 1.77. The minimum absolute atomic E-state index is 0.110. The van der Waals surface area contributed by atoms with Crippen LogP contribution in [0.1, 0.15) is 11.1 Å². The standard InChI is InChI=1S/C21H20FNO3/c1-25-20-8-4-6-15(13-23-17-9-11-18(24)12-10-17)21(20)26-14-16-5-2-3-7-19(16)22/h2-12,23-24H,13-14H2,1H3. The van der Waals surface area contributed by atoms with Crippen LogP contribution in [0.15, 0.2) is 66.7 Å². The van der Waals surface area contributed by atoms with Gasteiger partial charge in [-0.2, -0.15) is 0 Å². The number of rotatable bonds is 7. The van der Waals surface area contributed by atoms with Crippen molar-refractivity contribution in [3.63, 3.8) is 0 Å². The zero-order valence-corrected chi connectivity index (χ0v) is 14.4. The summed E-state index contributed by atoms with van der Waals surface area (Å²) in [5.41, 5.74) is 2.23. The number of hydrogen-bond donors (Lipinski definition) is 2. The Kier molecular flexibility index (Phi) is 5.59. The molecule has 0 heterocycles. The third-order valence-electron chi connectivity index (χ3n) is 3.96. The number of halogens is 1. The van der Waals surface area contributed by atoms with Crippen molar-refractivity contribution in [3.05, 3.63) is 83.7 Å². The molecule has 0 bridgehead atoms. The number of phenolic OH excluding ortho intramolecular Hbond substituents is 1. The maximum atomic E-state index is 13.8. The van der Waals surface area contributed by atoms with Crippen LogP contribution in [0.2, 0.25) is 0 Å². The van der Waals surface area contributed by atoms with Crippen molar-refractivity contribution in [2.75, 3.05) is 12.4 Å². The van der Waals surface area contributed by atoms with Crippen molar-refractivity contribution in [2.45, 2.75) is 13.2 Å². The Morgan fingerprint density at radius 1 is 0.923 bits per heavy atom. The van der Waals surface area contributed by atoms with Crippen molar-refractivity contribution in [1.82, 2.24) is 0 Å². The lowest BCUT2D eigenvalue weighted by atomic mass is 10.1. The molecular weight excluding hydrogens is 333 g/mol. The molecule has 4 nitrogen and oxygen atoms in total. The summed E-state index contributed by atoms with van der Waals surface area (Å²) in [6.45, 7) is 0.605. The summed E-state index contributed by atoms with van der Waals surface area (Å²) in [6, 6.07) is 18.9. The molecule has 2 N–H and O–H groups in total. The van der Waals surface area contributed by atoms with E-state index in [0.29, 0.717) is 23.6 Å². The molecule has 0 radical (unpaired) electrons. The monoisotopic (exact) mass is 353 g/mol. The third kappa shape index (κ3) is 4.25. The van der Waals surface area contributed by atoms with Crippen LogP contribution in [0, 0.1) is 5.82 Å². The second kappa shape index (κ2) is 8.25. The van der Waals surface area contributed by atoms with E-state index in [2.05, 4.69) is 5.32 Å². The summed E-state index contributed by atoms with van der Waals surface area (Å²) in [4.78, 5) is 0. The lowest BCUT2D eigenvalue weighted by Gasteiger charge is -2.16. The van der Waals surface area contributed by atoms with Gasteiger partial charge >= 0.3 is 0 Å². The minimum atomic E-state index is -0.300. The molecule has 0 unspecified atom stereocenters. The fourth-order valence-corrected chi connectivity index (χ4v) is 2.57. The van der Waals surface area contributed by atoms with E-state index < -0.39 is 0 Å². The van der Waals surface area contributed by atoms with E-state index in [4.69, 9.17) is 9.47 Å². The van der Waals surface area contributed by atoms with Gasteiger partial charge in [0.05, 0.1) is 7.11 Å². The highest BCUT2D eigenvalue weighted by Gasteiger charge is 2.12. The quantitative estimate of drug-likeness (QED) is 0.603. The van der Waals surface area contributed by atoms with Crippen LogP contribution in [-0.2, 0) is 13.2 Å². The minimum Gasteiger partial charge on any atom is -0.508 e. The second-order valence-corrected chi connectivity index (χ2v) is 5.73. The molecular formula is C21H20FNO3. The fourth-order valence-electron chi connectivity index (χ4n) is 2.57. The van der Waals surface area contributed by atoms with E-state index in [1.807, 2.05) is 12.1 Å². The van der Waals surface area contributed by atoms with E-state index >= 15 is 0 Å². The number of para-hydroxylation sites is 1. The van der Waals surface area contributed by atoms with E-state index in [9.17, 15) is 9.50 Å². The summed E-state index contributed by atoms with van der Waals surface area (Å²) in [5.74, 6) is 1.08. The average molecular weight is 353 g/mol. The van der Waals surface area contributed by atoms with Crippen LogP contribution in [0.5, 0.6) is 17.2 Å². The highest BCUT2D eigenvalue weighted by Crippen LogP contribution is 2.32. The van der Waals surface area contributed by atoms with Gasteiger partial charge in [0.25, 0.3) is 0 Å². The normalized spacial score (nSPS) is 10.4. The molecule has 0 aliphatic carbocycles. The fraction of sp³-hybridized carbons (Fsp3) is 0.143. The molecule has 3 aromatic rings. The molecule has 134 valence electrons. The zero-order valence-electron chi connectivity index (χ0n) is 14.4. The smallest absolute Gasteiger partial charge is 0.166 e. The van der Waals surface area contributed by atoms with Gasteiger partial charge in [-0.1, -0.05) is 30.3 Å². The molecule has 0 saturated carbocycles. The van der Waals surface area contributed by atoms with E-state index in [-0.39, 0.29) is 18.2 Å². The van der Waals surface area contributed by atoms with Gasteiger partial charge in [-0.05, 0) is 36.4 Å². The highest BCUT2D eigenvalue weighted by molar-refractivity contribution is 5.51. The number of anilines is 1. The lowest BCUT2D eigenvalue weighted by molar-refractivity contribution is 0.277. The van der Waals surface area contributed by atoms with Crippen molar-refractivity contribution in [1.29, 1.82) is 0 Å². The number of hydrogen-bond acceptors (Lipinski definition) is 4. The van der Waals surface area contributed by atoms with Gasteiger partial charge in [0.1, 0.15) is 18.2 Å². The largest absolute Gasteiger partial charge is 0.508 e. The molecule has 0 atom stereocenters. The van der Waals surface area contributed by atoms with Crippen LogP contribution < -0.4 is 14.8 Å². The van der Waals surface area contributed by atoms with Crippen LogP contribution in [-0.4, -0.2) is 12.2 Å². The molecule has 3 rings (SSSR count). The first-order chi connectivity index (χ1) is 12.7. The molecule has 0 saturated heterocycles. The Morgan fingerprint density at radius 2 is 1.65 bits per heavy atom. The Labute approximate surface area is 151 Å². The number of aromatic hydroxyl groups is 1. The predicted octanol–water partition coefficient (Wildman–Crippen LogP) is 4.73. The Bertz CT molecular complexity index is 865. The average Bonchev–Trinajstić information content (AvgIpc) is 2.67. The number of nitrogens with one attached hydrogen (secondary N) is 1. The zero-order chi connectivity index (χ0) is 18.4. The van der Waals surface area contributed by atoms with Gasteiger partial charge in [-0.15, -0.1) is 0 Å². The maximum absolute atomic E-state index is 13.8. The van der Waals surface area contributed by atoms with E-state index in [0.717, 1.165) is 11.3 Å². The molecule has 0 aliphatic rings. The Morgan fingerprint density at radius 3 is 2.38 bits per heavy atom. The third-order valence-corrected chi connectivity index (χ3v) is 3.96. The van der Waals surface area contributed by atoms with E-state index in [1.54, 1.807) is 55.6 Å². The van der Waals surface area contributed by atoms with Gasteiger partial charge in [0, 0.05) is 23.4 Å². The molecule has 26 heavy (non-hydrogen) atoms. The van der Waals surface area contributed by atoms with Gasteiger partial charge in [0.15, 0.2) is 11.5 Å². The first kappa shape index (κ1) is 17.6. The number of phenols is 1. The predicted molar refractivity (Wildman–Crippen MR) is 99.2 cm³/mol. The molecule has 0 spiro atoms. The lowest BCUT2D eigenvalue weighted by Crippen LogP contribution is -2.06. The van der Waals surface area contributed by atoms with Crippen molar-refractivity contribution in [3.8, 4) is 17.2 Å². The number of methoxy groups -OCH3 is 1. The van der Waals surface area contributed by atoms with Gasteiger partial charge in [0.2, 0.25) is 0 Å². The van der Waals surface area contributed by atoms with Crippen LogP contribution in [0.25, 0.3) is 0 Å². The van der Waals surface area contributed by atoms with Crippen LogP contribution in [0.3, 0.4) is 0 Å². The van der Waals surface area contributed by atoms with Crippen LogP contribution >= 0.6 is 0 Å². The van der Waals surface area contributed by atoms with Crippen molar-refractivity contribution >= 4 is 5.69 Å². The van der Waals surface area contributed by atoms with Crippen molar-refractivity contribution < 1.29 is 19.0 Å². The van der Waals surface area contributed by atoms with E-state index in [1.165, 1.54) is 6.07 Å². The first-order valence-corrected chi connectivity index (χ1v) is 8.22. The Hall–Kier alpha value is -3.21. The topological polar surface area (TPSA) is 50.7 Å². The summed E-state index contributed by atoms with van der Waals surface area (Å²) >= 11 is 0. The summed E-state index contributed by atoms with van der Waals surface area (Å²) in [6.07, 6.45) is 0. The summed E-state index contributed by atoms with van der Waals surface area (Å²) in [7, 11) is 1.57. The van der Waals surface area contributed by atoms with Gasteiger partial charge in [-0.25, -0.2) is 4.39 Å². The maximum Gasteiger partial charge on any atom is 0.166 e. The second-order valence-electron chi connectivity index (χ2n) is 5.73. The molecule has 0 fully saturated rings. The molecule has 0 aliphatic heterocycles. The van der Waals surface area contributed by atoms with Crippen LogP contribution in [0.4, 0.5) is 10.1 Å². The first-order valence-electron chi connectivity index (χ1n) is 8.22.